The van der Waals surface area contributed by atoms with E-state index in [0.29, 0.717) is 18.4 Å². The number of amides is 1. The number of ether oxygens (including phenoxy) is 1. The topological polar surface area (TPSA) is 73.2 Å². The Hall–Kier alpha value is -2.63. The molecule has 2 aromatic rings. The van der Waals surface area contributed by atoms with Crippen LogP contribution in [0.15, 0.2) is 42.7 Å². The SMILES string of the molecule is COC(=O)C1(NC(=O)c2ccc(-n3cccn3)cc2)CCCCC1. The zero-order valence-corrected chi connectivity index (χ0v) is 13.7. The maximum atomic E-state index is 12.6. The van der Waals surface area contributed by atoms with Crippen LogP contribution < -0.4 is 5.32 Å². The highest BCUT2D eigenvalue weighted by Gasteiger charge is 2.42. The Morgan fingerprint density at radius 2 is 1.88 bits per heavy atom. The molecule has 24 heavy (non-hydrogen) atoms. The van der Waals surface area contributed by atoms with E-state index in [1.165, 1.54) is 7.11 Å². The molecule has 1 heterocycles. The number of esters is 1. The van der Waals surface area contributed by atoms with Crippen LogP contribution in [0.5, 0.6) is 0 Å². The highest BCUT2D eigenvalue weighted by atomic mass is 16.5. The van der Waals surface area contributed by atoms with Gasteiger partial charge in [-0.3, -0.25) is 4.79 Å². The molecule has 0 unspecified atom stereocenters. The van der Waals surface area contributed by atoms with Gasteiger partial charge in [0.1, 0.15) is 5.54 Å². The zero-order valence-electron chi connectivity index (χ0n) is 13.7. The molecule has 0 atom stereocenters. The summed E-state index contributed by atoms with van der Waals surface area (Å²) in [6.45, 7) is 0. The van der Waals surface area contributed by atoms with Gasteiger partial charge in [-0.05, 0) is 43.2 Å². The molecule has 0 radical (unpaired) electrons. The van der Waals surface area contributed by atoms with Crippen LogP contribution in [0.1, 0.15) is 42.5 Å². The van der Waals surface area contributed by atoms with Crippen LogP contribution in [0.3, 0.4) is 0 Å². The largest absolute Gasteiger partial charge is 0.467 e. The minimum atomic E-state index is -0.898. The number of methoxy groups -OCH3 is 1. The number of carbonyl (C=O) groups excluding carboxylic acids is 2. The van der Waals surface area contributed by atoms with E-state index in [0.717, 1.165) is 24.9 Å². The van der Waals surface area contributed by atoms with Crippen molar-refractivity contribution in [2.75, 3.05) is 7.11 Å². The Kier molecular flexibility index (Phi) is 4.64. The lowest BCUT2D eigenvalue weighted by molar-refractivity contribution is -0.149. The van der Waals surface area contributed by atoms with E-state index in [2.05, 4.69) is 10.4 Å². The molecule has 0 saturated heterocycles. The average Bonchev–Trinajstić information content (AvgIpc) is 3.16. The number of hydrogen-bond acceptors (Lipinski definition) is 4. The molecule has 1 aromatic heterocycles. The van der Waals surface area contributed by atoms with Crippen LogP contribution in [-0.2, 0) is 9.53 Å². The standard InChI is InChI=1S/C18H21N3O3/c1-24-17(23)18(10-3-2-4-11-18)20-16(22)14-6-8-15(9-7-14)21-13-5-12-19-21/h5-9,12-13H,2-4,10-11H2,1H3,(H,20,22). The third-order valence-corrected chi connectivity index (χ3v) is 4.53. The first kappa shape index (κ1) is 16.2. The molecule has 1 aliphatic rings. The van der Waals surface area contributed by atoms with E-state index >= 15 is 0 Å². The van der Waals surface area contributed by atoms with E-state index in [-0.39, 0.29) is 11.9 Å². The minimum Gasteiger partial charge on any atom is -0.467 e. The summed E-state index contributed by atoms with van der Waals surface area (Å²) in [6, 6.07) is 8.96. The summed E-state index contributed by atoms with van der Waals surface area (Å²) in [5.41, 5.74) is 0.488. The fourth-order valence-electron chi connectivity index (χ4n) is 3.21. The first-order valence-electron chi connectivity index (χ1n) is 8.16. The Morgan fingerprint density at radius 1 is 1.17 bits per heavy atom. The van der Waals surface area contributed by atoms with Crippen molar-refractivity contribution < 1.29 is 14.3 Å². The predicted octanol–water partition coefficient (Wildman–Crippen LogP) is 2.48. The fourth-order valence-corrected chi connectivity index (χ4v) is 3.21. The second-order valence-corrected chi connectivity index (χ2v) is 6.09. The van der Waals surface area contributed by atoms with Crippen molar-refractivity contribution in [3.63, 3.8) is 0 Å². The lowest BCUT2D eigenvalue weighted by Gasteiger charge is -2.35. The van der Waals surface area contributed by atoms with Crippen molar-refractivity contribution in [2.24, 2.45) is 0 Å². The molecule has 1 fully saturated rings. The first-order chi connectivity index (χ1) is 11.6. The zero-order chi connectivity index (χ0) is 17.0. The Balaban J connectivity index is 1.76. The number of benzene rings is 1. The molecule has 0 spiro atoms. The first-order valence-corrected chi connectivity index (χ1v) is 8.16. The van der Waals surface area contributed by atoms with Crippen molar-refractivity contribution in [1.29, 1.82) is 0 Å². The second kappa shape index (κ2) is 6.86. The smallest absolute Gasteiger partial charge is 0.331 e. The summed E-state index contributed by atoms with van der Waals surface area (Å²) in [7, 11) is 1.36. The fraction of sp³-hybridized carbons (Fsp3) is 0.389. The van der Waals surface area contributed by atoms with Crippen molar-refractivity contribution in [3.05, 3.63) is 48.3 Å². The second-order valence-electron chi connectivity index (χ2n) is 6.09. The summed E-state index contributed by atoms with van der Waals surface area (Å²) in [5.74, 6) is -0.613. The predicted molar refractivity (Wildman–Crippen MR) is 88.9 cm³/mol. The maximum Gasteiger partial charge on any atom is 0.331 e. The van der Waals surface area contributed by atoms with Gasteiger partial charge < -0.3 is 10.1 Å². The number of hydrogen-bond donors (Lipinski definition) is 1. The quantitative estimate of drug-likeness (QED) is 0.876. The summed E-state index contributed by atoms with van der Waals surface area (Å²) in [6.07, 6.45) is 7.68. The van der Waals surface area contributed by atoms with Crippen molar-refractivity contribution in [2.45, 2.75) is 37.6 Å². The van der Waals surface area contributed by atoms with E-state index in [9.17, 15) is 9.59 Å². The van der Waals surface area contributed by atoms with E-state index in [1.54, 1.807) is 23.0 Å². The lowest BCUT2D eigenvalue weighted by Crippen LogP contribution is -2.56. The lowest BCUT2D eigenvalue weighted by atomic mass is 9.81. The molecule has 1 N–H and O–H groups in total. The third-order valence-electron chi connectivity index (χ3n) is 4.53. The summed E-state index contributed by atoms with van der Waals surface area (Å²) >= 11 is 0. The summed E-state index contributed by atoms with van der Waals surface area (Å²) in [5, 5.41) is 7.07. The molecule has 3 rings (SSSR count). The van der Waals surface area contributed by atoms with Gasteiger partial charge in [0.2, 0.25) is 0 Å². The van der Waals surface area contributed by atoms with Gasteiger partial charge in [0.05, 0.1) is 12.8 Å². The molecule has 1 amide bonds. The van der Waals surface area contributed by atoms with Gasteiger partial charge in [0.25, 0.3) is 5.91 Å². The van der Waals surface area contributed by atoms with Crippen LogP contribution >= 0.6 is 0 Å². The van der Waals surface area contributed by atoms with Crippen LogP contribution in [-0.4, -0.2) is 34.3 Å². The molecule has 6 nitrogen and oxygen atoms in total. The van der Waals surface area contributed by atoms with Crippen LogP contribution in [0.25, 0.3) is 5.69 Å². The molecular weight excluding hydrogens is 306 g/mol. The van der Waals surface area contributed by atoms with Crippen LogP contribution in [0, 0.1) is 0 Å². The third kappa shape index (κ3) is 3.18. The Labute approximate surface area is 140 Å². The van der Waals surface area contributed by atoms with E-state index < -0.39 is 5.54 Å². The van der Waals surface area contributed by atoms with Crippen LogP contribution in [0.4, 0.5) is 0 Å². The number of nitrogens with zero attached hydrogens (tertiary/aromatic N) is 2. The Morgan fingerprint density at radius 3 is 2.46 bits per heavy atom. The molecule has 0 aliphatic heterocycles. The maximum absolute atomic E-state index is 12.6. The van der Waals surface area contributed by atoms with Gasteiger partial charge in [-0.15, -0.1) is 0 Å². The van der Waals surface area contributed by atoms with Crippen LogP contribution in [0.2, 0.25) is 0 Å². The number of carbonyl (C=O) groups is 2. The number of rotatable bonds is 4. The van der Waals surface area contributed by atoms with Gasteiger partial charge in [0.15, 0.2) is 0 Å². The molecular formula is C18H21N3O3. The summed E-state index contributed by atoms with van der Waals surface area (Å²) in [4.78, 5) is 24.8. The highest BCUT2D eigenvalue weighted by Crippen LogP contribution is 2.29. The van der Waals surface area contributed by atoms with Gasteiger partial charge in [-0.2, -0.15) is 5.10 Å². The van der Waals surface area contributed by atoms with Gasteiger partial charge >= 0.3 is 5.97 Å². The average molecular weight is 327 g/mol. The monoisotopic (exact) mass is 327 g/mol. The molecule has 1 aromatic carbocycles. The van der Waals surface area contributed by atoms with E-state index in [1.807, 2.05) is 24.4 Å². The molecule has 1 aliphatic carbocycles. The van der Waals surface area contributed by atoms with Gasteiger partial charge in [-0.25, -0.2) is 9.48 Å². The van der Waals surface area contributed by atoms with E-state index in [4.69, 9.17) is 4.74 Å². The Bertz CT molecular complexity index is 702. The van der Waals surface area contributed by atoms with Crippen molar-refractivity contribution >= 4 is 11.9 Å². The normalized spacial score (nSPS) is 16.4. The van der Waals surface area contributed by atoms with Gasteiger partial charge in [-0.1, -0.05) is 19.3 Å². The number of aromatic nitrogens is 2. The molecule has 6 heteroatoms. The van der Waals surface area contributed by atoms with Crippen molar-refractivity contribution in [1.82, 2.24) is 15.1 Å². The molecule has 0 bridgehead atoms. The molecule has 126 valence electrons. The molecule has 1 saturated carbocycles. The highest BCUT2D eigenvalue weighted by molar-refractivity contribution is 5.98. The van der Waals surface area contributed by atoms with Crippen molar-refractivity contribution in [3.8, 4) is 5.69 Å². The minimum absolute atomic E-state index is 0.255. The van der Waals surface area contributed by atoms with Gasteiger partial charge in [0, 0.05) is 18.0 Å². The number of nitrogens with one attached hydrogen (secondary N) is 1. The summed E-state index contributed by atoms with van der Waals surface area (Å²) < 4.78 is 6.65.